The number of ether oxygens (including phenoxy) is 1. The van der Waals surface area contributed by atoms with Crippen molar-refractivity contribution in [2.75, 3.05) is 54.9 Å². The van der Waals surface area contributed by atoms with E-state index in [1.807, 2.05) is 13.1 Å². The molecular weight excluding hydrogens is 849 g/mol. The number of imide groups is 1. The lowest BCUT2D eigenvalue weighted by Crippen LogP contribution is -2.50. The van der Waals surface area contributed by atoms with Crippen LogP contribution in [-0.2, 0) is 23.7 Å². The number of pyridine rings is 1. The quantitative estimate of drug-likeness (QED) is 0.136. The van der Waals surface area contributed by atoms with Gasteiger partial charge in [-0.25, -0.2) is 18.2 Å². The fourth-order valence-electron chi connectivity index (χ4n) is 10.5. The van der Waals surface area contributed by atoms with E-state index in [4.69, 9.17) is 21.3 Å². The molecule has 0 bridgehead atoms. The van der Waals surface area contributed by atoms with Gasteiger partial charge in [0.25, 0.3) is 5.56 Å². The molecule has 0 radical (unpaired) electrons. The lowest BCUT2D eigenvalue weighted by Gasteiger charge is -2.46. The van der Waals surface area contributed by atoms with Crippen molar-refractivity contribution in [3.05, 3.63) is 69.0 Å². The van der Waals surface area contributed by atoms with E-state index in [0.29, 0.717) is 75.2 Å². The van der Waals surface area contributed by atoms with Gasteiger partial charge in [0, 0.05) is 56.6 Å². The molecule has 1 unspecified atom stereocenters. The molecule has 3 saturated heterocycles. The second kappa shape index (κ2) is 15.9. The van der Waals surface area contributed by atoms with Crippen molar-refractivity contribution in [2.24, 2.45) is 31.3 Å². The number of hydrogen-bond donors (Lipinski definition) is 3. The van der Waals surface area contributed by atoms with Crippen LogP contribution < -0.4 is 31.1 Å². The molecule has 1 aliphatic carbocycles. The molecule has 7 heterocycles. The number of nitrogens with one attached hydrogen (secondary N) is 3. The summed E-state index contributed by atoms with van der Waals surface area (Å²) in [5, 5.41) is 14.8. The molecule has 4 fully saturated rings. The van der Waals surface area contributed by atoms with Crippen LogP contribution in [0.25, 0.3) is 21.8 Å². The highest BCUT2D eigenvalue weighted by Crippen LogP contribution is 2.46. The summed E-state index contributed by atoms with van der Waals surface area (Å²) in [5.74, 6) is -3.62. The van der Waals surface area contributed by atoms with Crippen molar-refractivity contribution in [1.29, 1.82) is 0 Å². The molecule has 2 amide bonds. The number of carbonyl (C=O) groups excluding carboxylic acids is 2. The SMILES string of the molecule is Cn1nc(C2CCC(=O)NC2=O)c2cc(F)c(C3CCN(C[C@H]4CCN(c5ncc(Cl)c(Nc6ccc7c(c6)c6c(c(=O)n7C)OCC(F)(F)[C@H](C7CC7)N6)n5)CC4(C)C)CC3)cc21. The number of hydrogen-bond acceptors (Lipinski definition) is 11. The number of halogens is 4. The summed E-state index contributed by atoms with van der Waals surface area (Å²) in [6.45, 7) is 7.79. The van der Waals surface area contributed by atoms with Gasteiger partial charge in [0.15, 0.2) is 12.4 Å². The predicted molar refractivity (Wildman–Crippen MR) is 238 cm³/mol. The first-order chi connectivity index (χ1) is 30.5. The van der Waals surface area contributed by atoms with E-state index in [-0.39, 0.29) is 52.7 Å². The van der Waals surface area contributed by atoms with Crippen molar-refractivity contribution >= 4 is 68.4 Å². The monoisotopic (exact) mass is 900 g/mol. The third-order valence-corrected chi connectivity index (χ3v) is 14.7. The summed E-state index contributed by atoms with van der Waals surface area (Å²) in [6.07, 6.45) is 6.13. The number of anilines is 4. The highest BCUT2D eigenvalue weighted by Gasteiger charge is 2.51. The minimum absolute atomic E-state index is 0.0610. The zero-order valence-electron chi connectivity index (χ0n) is 36.3. The van der Waals surface area contributed by atoms with Crippen LogP contribution >= 0.6 is 11.6 Å². The van der Waals surface area contributed by atoms with Crippen LogP contribution in [0.5, 0.6) is 5.75 Å². The zero-order chi connectivity index (χ0) is 44.8. The van der Waals surface area contributed by atoms with Crippen LogP contribution in [0, 0.1) is 23.1 Å². The molecule has 14 nitrogen and oxygen atoms in total. The number of piperidine rings is 3. The maximum atomic E-state index is 15.9. The minimum atomic E-state index is -3.14. The summed E-state index contributed by atoms with van der Waals surface area (Å²) in [4.78, 5) is 51.8. The molecule has 3 N–H and O–H groups in total. The first-order valence-corrected chi connectivity index (χ1v) is 22.6. The fourth-order valence-corrected chi connectivity index (χ4v) is 10.7. The summed E-state index contributed by atoms with van der Waals surface area (Å²) < 4.78 is 54.9. The lowest BCUT2D eigenvalue weighted by molar-refractivity contribution is -0.134. The number of likely N-dealkylation sites (tertiary alicyclic amines) is 1. The maximum absolute atomic E-state index is 15.9. The fraction of sp³-hybridized carbons (Fsp3) is 0.522. The summed E-state index contributed by atoms with van der Waals surface area (Å²) in [7, 11) is 3.41. The van der Waals surface area contributed by atoms with Gasteiger partial charge in [-0.05, 0) is 111 Å². The number of fused-ring (bicyclic) bond motifs is 4. The van der Waals surface area contributed by atoms with Crippen molar-refractivity contribution < 1.29 is 27.5 Å². The third-order valence-electron chi connectivity index (χ3n) is 14.4. The molecule has 1 saturated carbocycles. The molecule has 64 heavy (non-hydrogen) atoms. The number of aromatic nitrogens is 5. The molecular formula is C46H52ClF3N10O4. The number of nitrogens with zero attached hydrogens (tertiary/aromatic N) is 7. The van der Waals surface area contributed by atoms with Gasteiger partial charge in [0.1, 0.15) is 10.8 Å². The Morgan fingerprint density at radius 1 is 0.969 bits per heavy atom. The molecule has 0 spiro atoms. The number of rotatable bonds is 8. The van der Waals surface area contributed by atoms with Gasteiger partial charge < -0.3 is 29.7 Å². The van der Waals surface area contributed by atoms with Crippen LogP contribution in [0.4, 0.5) is 36.3 Å². The first-order valence-electron chi connectivity index (χ1n) is 22.2. The lowest BCUT2D eigenvalue weighted by atomic mass is 9.73. The van der Waals surface area contributed by atoms with Crippen molar-refractivity contribution in [1.82, 2.24) is 34.5 Å². The normalized spacial score (nSPS) is 23.9. The van der Waals surface area contributed by atoms with Crippen LogP contribution in [-0.4, -0.2) is 92.3 Å². The van der Waals surface area contributed by atoms with Gasteiger partial charge in [-0.15, -0.1) is 0 Å². The second-order valence-corrected chi connectivity index (χ2v) is 19.6. The number of amides is 2. The summed E-state index contributed by atoms with van der Waals surface area (Å²) >= 11 is 6.68. The van der Waals surface area contributed by atoms with Crippen LogP contribution in [0.2, 0.25) is 5.02 Å². The Bertz CT molecular complexity index is 2770. The molecule has 4 aliphatic heterocycles. The van der Waals surface area contributed by atoms with Crippen LogP contribution in [0.1, 0.15) is 81.9 Å². The van der Waals surface area contributed by atoms with Gasteiger partial charge in [-0.3, -0.25) is 24.4 Å². The van der Waals surface area contributed by atoms with E-state index in [1.165, 1.54) is 10.6 Å². The van der Waals surface area contributed by atoms with Crippen LogP contribution in [0.15, 0.2) is 41.3 Å². The zero-order valence-corrected chi connectivity index (χ0v) is 37.1. The Balaban J connectivity index is 0.797. The average Bonchev–Trinajstić information content (AvgIpc) is 4.06. The Morgan fingerprint density at radius 2 is 1.75 bits per heavy atom. The number of alkyl halides is 2. The standard InChI is InChI=1S/C46H52ClF3N10O4/c1-45(2)22-60(16-13-26(45)21-59-14-11-24(12-15-59)29-19-35-31(18-33(29)48)37(56-58(35)4)28-8-10-36(61)53-42(28)62)44-51-20-32(47)41(55-44)52-27-7-9-34-30(17-27)38-39(43(63)57(34)3)64-23-46(49,50)40(54-38)25-5-6-25/h7,9,17-20,24-26,28,40,54H,5-6,8,10-16,21-23H2,1-4H3,(H,51,52,55)(H,53,61,62)/t26-,28?,40+/m1/s1. The van der Waals surface area contributed by atoms with E-state index in [2.05, 4.69) is 49.7 Å². The Labute approximate surface area is 372 Å². The molecule has 18 heteroatoms. The Morgan fingerprint density at radius 3 is 2.48 bits per heavy atom. The Kier molecular flexibility index (Phi) is 10.6. The van der Waals surface area contributed by atoms with Crippen molar-refractivity contribution in [3.63, 3.8) is 0 Å². The second-order valence-electron chi connectivity index (χ2n) is 19.2. The van der Waals surface area contributed by atoms with Crippen molar-refractivity contribution in [3.8, 4) is 5.75 Å². The number of carbonyl (C=O) groups is 2. The van der Waals surface area contributed by atoms with E-state index < -0.39 is 30.0 Å². The van der Waals surface area contributed by atoms with E-state index >= 15 is 13.2 Å². The van der Waals surface area contributed by atoms with Gasteiger partial charge in [0.2, 0.25) is 23.5 Å². The highest BCUT2D eigenvalue weighted by molar-refractivity contribution is 6.33. The third kappa shape index (κ3) is 7.71. The van der Waals surface area contributed by atoms with Gasteiger partial charge >= 0.3 is 5.92 Å². The molecule has 5 aromatic rings. The molecule has 10 rings (SSSR count). The average molecular weight is 901 g/mol. The number of aryl methyl sites for hydroxylation is 2. The van der Waals surface area contributed by atoms with Crippen molar-refractivity contribution in [2.45, 2.75) is 82.6 Å². The van der Waals surface area contributed by atoms with E-state index in [9.17, 15) is 14.4 Å². The minimum Gasteiger partial charge on any atom is -0.480 e. The van der Waals surface area contributed by atoms with E-state index in [0.717, 1.165) is 57.5 Å². The molecule has 2 aromatic carbocycles. The molecule has 3 atom stereocenters. The largest absolute Gasteiger partial charge is 0.480 e. The predicted octanol–water partition coefficient (Wildman–Crippen LogP) is 7.22. The van der Waals surface area contributed by atoms with Gasteiger partial charge in [-0.2, -0.15) is 10.1 Å². The summed E-state index contributed by atoms with van der Waals surface area (Å²) in [6, 6.07) is 7.64. The van der Waals surface area contributed by atoms with Crippen LogP contribution in [0.3, 0.4) is 0 Å². The Hall–Kier alpha value is -5.42. The van der Waals surface area contributed by atoms with Gasteiger partial charge in [-0.1, -0.05) is 25.4 Å². The van der Waals surface area contributed by atoms with Gasteiger partial charge in [0.05, 0.1) is 40.6 Å². The molecule has 338 valence electrons. The highest BCUT2D eigenvalue weighted by atomic mass is 35.5. The first kappa shape index (κ1) is 42.5. The van der Waals surface area contributed by atoms with E-state index in [1.54, 1.807) is 36.1 Å². The molecule has 3 aromatic heterocycles. The number of benzene rings is 2. The summed E-state index contributed by atoms with van der Waals surface area (Å²) in [5.41, 5.74) is 2.83. The molecule has 5 aliphatic rings. The topological polar surface area (TPSA) is 152 Å². The maximum Gasteiger partial charge on any atom is 0.301 e. The smallest absolute Gasteiger partial charge is 0.301 e.